The molecule has 2 atom stereocenters. The lowest BCUT2D eigenvalue weighted by Gasteiger charge is -2.39. The van der Waals surface area contributed by atoms with Crippen molar-refractivity contribution in [2.24, 2.45) is 11.3 Å². The molecule has 1 fully saturated rings. The van der Waals surface area contributed by atoms with Gasteiger partial charge in [0.2, 0.25) is 0 Å². The summed E-state index contributed by atoms with van der Waals surface area (Å²) in [6.07, 6.45) is 14.0. The minimum atomic E-state index is 0.618. The molecule has 0 heterocycles. The molecule has 2 unspecified atom stereocenters. The molecular formula is C14H24. The van der Waals surface area contributed by atoms with Gasteiger partial charge >= 0.3 is 0 Å². The van der Waals surface area contributed by atoms with E-state index in [2.05, 4.69) is 19.9 Å². The van der Waals surface area contributed by atoms with Crippen LogP contribution in [0.1, 0.15) is 65.2 Å². The lowest BCUT2D eigenvalue weighted by molar-refractivity contribution is 0.174. The first-order chi connectivity index (χ1) is 6.77. The van der Waals surface area contributed by atoms with E-state index in [0.29, 0.717) is 5.41 Å². The fraction of sp³-hybridized carbons (Fsp3) is 0.857. The third-order valence-electron chi connectivity index (χ3n) is 4.58. The van der Waals surface area contributed by atoms with E-state index in [4.69, 9.17) is 0 Å². The molecular weight excluding hydrogens is 168 g/mol. The molecule has 2 aliphatic carbocycles. The Balaban J connectivity index is 2.03. The monoisotopic (exact) mass is 192 g/mol. The van der Waals surface area contributed by atoms with E-state index in [1.807, 2.05) is 5.57 Å². The molecule has 1 saturated carbocycles. The van der Waals surface area contributed by atoms with Gasteiger partial charge in [0.25, 0.3) is 0 Å². The molecule has 0 aromatic heterocycles. The van der Waals surface area contributed by atoms with E-state index < -0.39 is 0 Å². The maximum Gasteiger partial charge on any atom is -0.00852 e. The van der Waals surface area contributed by atoms with E-state index in [1.165, 1.54) is 51.4 Å². The largest absolute Gasteiger partial charge is 0.0845 e. The molecule has 2 rings (SSSR count). The highest BCUT2D eigenvalue weighted by Crippen LogP contribution is 2.53. The molecule has 14 heavy (non-hydrogen) atoms. The average molecular weight is 192 g/mol. The summed E-state index contributed by atoms with van der Waals surface area (Å²) in [4.78, 5) is 0. The van der Waals surface area contributed by atoms with Crippen molar-refractivity contribution >= 4 is 0 Å². The molecule has 0 bridgehead atoms. The summed E-state index contributed by atoms with van der Waals surface area (Å²) < 4.78 is 0. The van der Waals surface area contributed by atoms with Crippen LogP contribution in [0.5, 0.6) is 0 Å². The van der Waals surface area contributed by atoms with Crippen molar-refractivity contribution in [2.45, 2.75) is 65.2 Å². The van der Waals surface area contributed by atoms with Crippen LogP contribution in [-0.4, -0.2) is 0 Å². The zero-order valence-corrected chi connectivity index (χ0v) is 9.81. The van der Waals surface area contributed by atoms with Gasteiger partial charge in [-0.25, -0.2) is 0 Å². The summed E-state index contributed by atoms with van der Waals surface area (Å²) in [5.74, 6) is 1.00. The topological polar surface area (TPSA) is 0 Å². The number of hydrogen-bond donors (Lipinski definition) is 0. The molecule has 0 amide bonds. The maximum absolute atomic E-state index is 2.58. The molecule has 0 heteroatoms. The van der Waals surface area contributed by atoms with Crippen molar-refractivity contribution in [1.82, 2.24) is 0 Å². The zero-order chi connectivity index (χ0) is 10.0. The number of rotatable bonds is 3. The Bertz CT molecular complexity index is 226. The van der Waals surface area contributed by atoms with Gasteiger partial charge in [-0.3, -0.25) is 0 Å². The Morgan fingerprint density at radius 3 is 3.07 bits per heavy atom. The van der Waals surface area contributed by atoms with Gasteiger partial charge in [-0.05, 0) is 43.4 Å². The van der Waals surface area contributed by atoms with Crippen molar-refractivity contribution < 1.29 is 0 Å². The smallest absolute Gasteiger partial charge is 0.00852 e. The Morgan fingerprint density at radius 1 is 1.43 bits per heavy atom. The summed E-state index contributed by atoms with van der Waals surface area (Å²) >= 11 is 0. The lowest BCUT2D eigenvalue weighted by atomic mass is 9.66. The third-order valence-corrected chi connectivity index (χ3v) is 4.58. The average Bonchev–Trinajstić information content (AvgIpc) is 2.52. The summed E-state index contributed by atoms with van der Waals surface area (Å²) in [6.45, 7) is 4.83. The number of fused-ring (bicyclic) bond motifs is 1. The maximum atomic E-state index is 2.58. The van der Waals surface area contributed by atoms with Gasteiger partial charge in [0, 0.05) is 0 Å². The minimum absolute atomic E-state index is 0.618. The van der Waals surface area contributed by atoms with E-state index >= 15 is 0 Å². The third kappa shape index (κ3) is 1.64. The van der Waals surface area contributed by atoms with Crippen molar-refractivity contribution in [1.29, 1.82) is 0 Å². The first kappa shape index (κ1) is 10.3. The minimum Gasteiger partial charge on any atom is -0.0845 e. The number of unbranched alkanes of at least 4 members (excludes halogenated alkanes) is 1. The van der Waals surface area contributed by atoms with Crippen LogP contribution in [0.25, 0.3) is 0 Å². The van der Waals surface area contributed by atoms with E-state index in [0.717, 1.165) is 5.92 Å². The first-order valence-corrected chi connectivity index (χ1v) is 6.47. The van der Waals surface area contributed by atoms with Gasteiger partial charge in [0.15, 0.2) is 0 Å². The van der Waals surface area contributed by atoms with Crippen LogP contribution >= 0.6 is 0 Å². The lowest BCUT2D eigenvalue weighted by Crippen LogP contribution is -2.28. The second-order valence-electron chi connectivity index (χ2n) is 5.43. The SMILES string of the molecule is CCCCC1=CCC2CCCCC12C. The summed E-state index contributed by atoms with van der Waals surface area (Å²) in [5, 5.41) is 0. The fourth-order valence-electron chi connectivity index (χ4n) is 3.48. The van der Waals surface area contributed by atoms with Gasteiger partial charge in [0.05, 0.1) is 0 Å². The van der Waals surface area contributed by atoms with Crippen LogP contribution in [0.2, 0.25) is 0 Å². The molecule has 0 nitrogen and oxygen atoms in total. The Morgan fingerprint density at radius 2 is 2.29 bits per heavy atom. The molecule has 0 saturated heterocycles. The molecule has 0 aromatic rings. The predicted octanol–water partition coefficient (Wildman–Crippen LogP) is 4.70. The Hall–Kier alpha value is -0.260. The normalized spacial score (nSPS) is 36.7. The van der Waals surface area contributed by atoms with Gasteiger partial charge in [-0.15, -0.1) is 0 Å². The van der Waals surface area contributed by atoms with E-state index in [9.17, 15) is 0 Å². The number of hydrogen-bond acceptors (Lipinski definition) is 0. The van der Waals surface area contributed by atoms with Crippen LogP contribution < -0.4 is 0 Å². The Labute approximate surface area is 88.8 Å². The predicted molar refractivity (Wildman–Crippen MR) is 62.3 cm³/mol. The van der Waals surface area contributed by atoms with E-state index in [-0.39, 0.29) is 0 Å². The van der Waals surface area contributed by atoms with Crippen LogP contribution in [-0.2, 0) is 0 Å². The first-order valence-electron chi connectivity index (χ1n) is 6.47. The zero-order valence-electron chi connectivity index (χ0n) is 9.81. The van der Waals surface area contributed by atoms with E-state index in [1.54, 1.807) is 0 Å². The molecule has 0 spiro atoms. The van der Waals surface area contributed by atoms with Gasteiger partial charge in [-0.1, -0.05) is 44.8 Å². The number of allylic oxidation sites excluding steroid dienone is 2. The molecule has 0 N–H and O–H groups in total. The summed E-state index contributed by atoms with van der Waals surface area (Å²) in [7, 11) is 0. The summed E-state index contributed by atoms with van der Waals surface area (Å²) in [5.41, 5.74) is 2.43. The van der Waals surface area contributed by atoms with Crippen LogP contribution in [0.15, 0.2) is 11.6 Å². The second-order valence-corrected chi connectivity index (χ2v) is 5.43. The van der Waals surface area contributed by atoms with Crippen molar-refractivity contribution in [3.05, 3.63) is 11.6 Å². The highest BCUT2D eigenvalue weighted by molar-refractivity contribution is 5.22. The van der Waals surface area contributed by atoms with Gasteiger partial charge < -0.3 is 0 Å². The molecule has 0 radical (unpaired) electrons. The highest BCUT2D eigenvalue weighted by Gasteiger charge is 2.41. The van der Waals surface area contributed by atoms with Crippen LogP contribution in [0.3, 0.4) is 0 Å². The van der Waals surface area contributed by atoms with Crippen molar-refractivity contribution in [3.63, 3.8) is 0 Å². The molecule has 0 aromatic carbocycles. The Kier molecular flexibility index (Phi) is 2.99. The van der Waals surface area contributed by atoms with Crippen molar-refractivity contribution in [2.75, 3.05) is 0 Å². The quantitative estimate of drug-likeness (QED) is 0.568. The molecule has 0 aliphatic heterocycles. The van der Waals surface area contributed by atoms with Crippen molar-refractivity contribution in [3.8, 4) is 0 Å². The second kappa shape index (κ2) is 4.08. The molecule has 80 valence electrons. The molecule has 2 aliphatic rings. The van der Waals surface area contributed by atoms with Crippen LogP contribution in [0.4, 0.5) is 0 Å². The highest BCUT2D eigenvalue weighted by atomic mass is 14.5. The fourth-order valence-corrected chi connectivity index (χ4v) is 3.48. The standard InChI is InChI=1S/C14H24/c1-3-4-7-12-9-10-13-8-5-6-11-14(12,13)2/h9,13H,3-8,10-11H2,1-2H3. The van der Waals surface area contributed by atoms with Gasteiger partial charge in [0.1, 0.15) is 0 Å². The van der Waals surface area contributed by atoms with Gasteiger partial charge in [-0.2, -0.15) is 0 Å². The van der Waals surface area contributed by atoms with Crippen LogP contribution in [0, 0.1) is 11.3 Å². The summed E-state index contributed by atoms with van der Waals surface area (Å²) in [6, 6.07) is 0.